The molecule has 1 aromatic heterocycles. The van der Waals surface area contributed by atoms with Gasteiger partial charge in [0.1, 0.15) is 0 Å². The zero-order chi connectivity index (χ0) is 14.7. The summed E-state index contributed by atoms with van der Waals surface area (Å²) in [5.41, 5.74) is 1.29. The number of Topliss-reactive ketones (excluding diaryl/α,β-unsaturated/α-hetero) is 1. The van der Waals surface area contributed by atoms with Crippen molar-refractivity contribution < 1.29 is 9.90 Å². The van der Waals surface area contributed by atoms with Crippen LogP contribution in [0.5, 0.6) is 5.88 Å². The lowest BCUT2D eigenvalue weighted by Crippen LogP contribution is -2.18. The van der Waals surface area contributed by atoms with E-state index in [1.807, 2.05) is 25.1 Å². The van der Waals surface area contributed by atoms with E-state index in [0.29, 0.717) is 10.7 Å². The van der Waals surface area contributed by atoms with E-state index in [9.17, 15) is 14.7 Å². The molecule has 2 rings (SSSR count). The Kier molecular flexibility index (Phi) is 4.24. The summed E-state index contributed by atoms with van der Waals surface area (Å²) in [6.07, 6.45) is 0. The fourth-order valence-corrected chi connectivity index (χ4v) is 2.54. The highest BCUT2D eigenvalue weighted by Gasteiger charge is 2.10. The maximum absolute atomic E-state index is 12.1. The zero-order valence-electron chi connectivity index (χ0n) is 11.2. The van der Waals surface area contributed by atoms with Crippen molar-refractivity contribution in [2.24, 2.45) is 7.05 Å². The number of nitrogens with zero attached hydrogens (tertiary/aromatic N) is 2. The van der Waals surface area contributed by atoms with E-state index in [1.54, 1.807) is 13.1 Å². The first-order valence-corrected chi connectivity index (χ1v) is 6.95. The molecule has 0 unspecified atom stereocenters. The van der Waals surface area contributed by atoms with Crippen LogP contribution in [0.2, 0.25) is 0 Å². The number of aryl methyl sites for hydroxylation is 1. The monoisotopic (exact) mass is 290 g/mol. The summed E-state index contributed by atoms with van der Waals surface area (Å²) in [6.45, 7) is 1.92. The highest BCUT2D eigenvalue weighted by Crippen LogP contribution is 2.17. The van der Waals surface area contributed by atoms with Crippen molar-refractivity contribution in [3.63, 3.8) is 0 Å². The van der Waals surface area contributed by atoms with E-state index in [0.717, 1.165) is 23.4 Å². The van der Waals surface area contributed by atoms with Gasteiger partial charge in [0.05, 0.1) is 11.8 Å². The Morgan fingerprint density at radius 3 is 2.85 bits per heavy atom. The van der Waals surface area contributed by atoms with Crippen molar-refractivity contribution in [1.82, 2.24) is 9.55 Å². The molecule has 0 saturated heterocycles. The lowest BCUT2D eigenvalue weighted by atomic mass is 10.1. The van der Waals surface area contributed by atoms with Gasteiger partial charge >= 0.3 is 0 Å². The number of hydrogen-bond donors (Lipinski definition) is 1. The van der Waals surface area contributed by atoms with Crippen LogP contribution >= 0.6 is 11.8 Å². The van der Waals surface area contributed by atoms with Crippen molar-refractivity contribution in [1.29, 1.82) is 0 Å². The lowest BCUT2D eigenvalue weighted by Gasteiger charge is -2.06. The third-order valence-electron chi connectivity index (χ3n) is 2.75. The van der Waals surface area contributed by atoms with Crippen LogP contribution in [0.3, 0.4) is 0 Å². The second-order valence-electron chi connectivity index (χ2n) is 4.38. The number of aromatic hydroxyl groups is 1. The minimum Gasteiger partial charge on any atom is -0.493 e. The molecule has 20 heavy (non-hydrogen) atoms. The van der Waals surface area contributed by atoms with Gasteiger partial charge in [0.15, 0.2) is 10.9 Å². The highest BCUT2D eigenvalue weighted by molar-refractivity contribution is 7.99. The largest absolute Gasteiger partial charge is 0.493 e. The van der Waals surface area contributed by atoms with Crippen LogP contribution < -0.4 is 5.56 Å². The van der Waals surface area contributed by atoms with Crippen LogP contribution in [-0.2, 0) is 7.05 Å². The van der Waals surface area contributed by atoms with Gasteiger partial charge in [0.25, 0.3) is 5.56 Å². The molecule has 0 fully saturated rings. The van der Waals surface area contributed by atoms with Gasteiger partial charge in [0.2, 0.25) is 5.88 Å². The Morgan fingerprint density at radius 2 is 2.15 bits per heavy atom. The average Bonchev–Trinajstić information content (AvgIpc) is 2.40. The van der Waals surface area contributed by atoms with Gasteiger partial charge in [0, 0.05) is 12.6 Å². The molecule has 0 aliphatic carbocycles. The van der Waals surface area contributed by atoms with Crippen LogP contribution in [0, 0.1) is 6.92 Å². The Hall–Kier alpha value is -2.08. The van der Waals surface area contributed by atoms with Crippen molar-refractivity contribution in [3.05, 3.63) is 51.8 Å². The lowest BCUT2D eigenvalue weighted by molar-refractivity contribution is 0.102. The molecule has 0 spiro atoms. The highest BCUT2D eigenvalue weighted by atomic mass is 32.2. The Bertz CT molecular complexity index is 710. The van der Waals surface area contributed by atoms with Crippen LogP contribution in [0.25, 0.3) is 0 Å². The number of thioether (sulfide) groups is 1. The van der Waals surface area contributed by atoms with Crippen LogP contribution in [0.15, 0.2) is 40.3 Å². The summed E-state index contributed by atoms with van der Waals surface area (Å²) in [5.74, 6) is -0.220. The molecule has 1 N–H and O–H groups in total. The summed E-state index contributed by atoms with van der Waals surface area (Å²) in [7, 11) is 1.55. The standard InChI is InChI=1S/C14H14N2O3S/c1-9-4-3-5-10(6-9)11(17)8-20-14-15-12(18)7-13(19)16(14)2/h3-7,18H,8H2,1-2H3. The molecule has 0 saturated carbocycles. The fraction of sp³-hybridized carbons (Fsp3) is 0.214. The molecular weight excluding hydrogens is 276 g/mol. The molecule has 0 radical (unpaired) electrons. The van der Waals surface area contributed by atoms with Gasteiger partial charge < -0.3 is 5.11 Å². The van der Waals surface area contributed by atoms with Crippen molar-refractivity contribution in [2.75, 3.05) is 5.75 Å². The van der Waals surface area contributed by atoms with E-state index in [2.05, 4.69) is 4.98 Å². The molecule has 2 aromatic rings. The summed E-state index contributed by atoms with van der Waals surface area (Å²) >= 11 is 1.13. The first-order valence-electron chi connectivity index (χ1n) is 5.97. The summed E-state index contributed by atoms with van der Waals surface area (Å²) in [6, 6.07) is 8.36. The molecule has 104 valence electrons. The van der Waals surface area contributed by atoms with Crippen LogP contribution in [0.1, 0.15) is 15.9 Å². The number of hydrogen-bond acceptors (Lipinski definition) is 5. The number of carbonyl (C=O) groups is 1. The van der Waals surface area contributed by atoms with E-state index in [1.165, 1.54) is 4.57 Å². The average molecular weight is 290 g/mol. The Labute approximate surface area is 120 Å². The summed E-state index contributed by atoms with van der Waals surface area (Å²) in [5, 5.41) is 9.63. The maximum atomic E-state index is 12.1. The summed E-state index contributed by atoms with van der Waals surface area (Å²) in [4.78, 5) is 27.4. The molecule has 0 amide bonds. The third kappa shape index (κ3) is 3.27. The van der Waals surface area contributed by atoms with Gasteiger partial charge in [-0.15, -0.1) is 0 Å². The number of benzene rings is 1. The number of ketones is 1. The van der Waals surface area contributed by atoms with Crippen LogP contribution in [-0.4, -0.2) is 26.2 Å². The smallest absolute Gasteiger partial charge is 0.257 e. The predicted octanol–water partition coefficient (Wildman–Crippen LogP) is 1.77. The minimum absolute atomic E-state index is 0.0451. The molecule has 0 aliphatic rings. The van der Waals surface area contributed by atoms with E-state index < -0.39 is 0 Å². The number of rotatable bonds is 4. The summed E-state index contributed by atoms with van der Waals surface area (Å²) < 4.78 is 1.30. The van der Waals surface area contributed by atoms with Crippen LogP contribution in [0.4, 0.5) is 0 Å². The van der Waals surface area contributed by atoms with Gasteiger partial charge in [-0.3, -0.25) is 14.2 Å². The Balaban J connectivity index is 2.13. The normalized spacial score (nSPS) is 10.5. The van der Waals surface area contributed by atoms with E-state index in [4.69, 9.17) is 0 Å². The molecule has 0 aliphatic heterocycles. The van der Waals surface area contributed by atoms with Gasteiger partial charge in [-0.05, 0) is 13.0 Å². The van der Waals surface area contributed by atoms with Crippen molar-refractivity contribution in [2.45, 2.75) is 12.1 Å². The van der Waals surface area contributed by atoms with Gasteiger partial charge in [-0.1, -0.05) is 35.5 Å². The second-order valence-corrected chi connectivity index (χ2v) is 5.32. The van der Waals surface area contributed by atoms with Crippen molar-refractivity contribution in [3.8, 4) is 5.88 Å². The quantitative estimate of drug-likeness (QED) is 0.528. The zero-order valence-corrected chi connectivity index (χ0v) is 12.0. The molecule has 1 heterocycles. The maximum Gasteiger partial charge on any atom is 0.257 e. The SMILES string of the molecule is Cc1cccc(C(=O)CSc2nc(O)cc(=O)n2C)c1. The second kappa shape index (κ2) is 5.92. The molecular formula is C14H14N2O3S. The first-order chi connectivity index (χ1) is 9.47. The number of aromatic nitrogens is 2. The Morgan fingerprint density at radius 1 is 1.40 bits per heavy atom. The van der Waals surface area contributed by atoms with Crippen molar-refractivity contribution >= 4 is 17.5 Å². The molecule has 1 aromatic carbocycles. The molecule has 0 bridgehead atoms. The minimum atomic E-state index is -0.358. The molecule has 6 heteroatoms. The van der Waals surface area contributed by atoms with Gasteiger partial charge in [-0.25, -0.2) is 0 Å². The van der Waals surface area contributed by atoms with E-state index >= 15 is 0 Å². The molecule has 5 nitrogen and oxygen atoms in total. The molecule has 0 atom stereocenters. The topological polar surface area (TPSA) is 72.2 Å². The van der Waals surface area contributed by atoms with E-state index in [-0.39, 0.29) is 23.0 Å². The first kappa shape index (κ1) is 14.3. The fourth-order valence-electron chi connectivity index (χ4n) is 1.67. The third-order valence-corrected chi connectivity index (χ3v) is 3.78. The van der Waals surface area contributed by atoms with Gasteiger partial charge in [-0.2, -0.15) is 4.98 Å². The number of carbonyl (C=O) groups excluding carboxylic acids is 1. The predicted molar refractivity (Wildman–Crippen MR) is 77.4 cm³/mol.